The van der Waals surface area contributed by atoms with Crippen LogP contribution in [0.2, 0.25) is 0 Å². The molecule has 0 fully saturated rings. The van der Waals surface area contributed by atoms with Crippen LogP contribution in [0.25, 0.3) is 0 Å². The van der Waals surface area contributed by atoms with Crippen LogP contribution in [0, 0.1) is 5.41 Å². The van der Waals surface area contributed by atoms with E-state index in [0.29, 0.717) is 24.2 Å². The summed E-state index contributed by atoms with van der Waals surface area (Å²) in [5.74, 6) is -1.03. The molecular formula is C14H21N3O3. The zero-order valence-electron chi connectivity index (χ0n) is 12.3. The van der Waals surface area contributed by atoms with E-state index in [1.165, 1.54) is 12.5 Å². The SMILES string of the molecule is CC(C)c1ncncc1C(=O)NCCC(C)(C)C(=O)O. The molecule has 1 aromatic heterocycles. The third kappa shape index (κ3) is 4.01. The largest absolute Gasteiger partial charge is 0.481 e. The monoisotopic (exact) mass is 279 g/mol. The molecule has 0 radical (unpaired) electrons. The van der Waals surface area contributed by atoms with Gasteiger partial charge in [-0.3, -0.25) is 9.59 Å². The minimum Gasteiger partial charge on any atom is -0.481 e. The lowest BCUT2D eigenvalue weighted by atomic mass is 9.89. The van der Waals surface area contributed by atoms with Crippen LogP contribution < -0.4 is 5.32 Å². The second-order valence-corrected chi connectivity index (χ2v) is 5.67. The first-order valence-corrected chi connectivity index (χ1v) is 6.57. The van der Waals surface area contributed by atoms with Gasteiger partial charge in [0.1, 0.15) is 6.33 Å². The van der Waals surface area contributed by atoms with Crippen LogP contribution in [0.5, 0.6) is 0 Å². The van der Waals surface area contributed by atoms with Crippen LogP contribution in [-0.2, 0) is 4.79 Å². The second-order valence-electron chi connectivity index (χ2n) is 5.67. The van der Waals surface area contributed by atoms with E-state index < -0.39 is 11.4 Å². The minimum atomic E-state index is -0.877. The van der Waals surface area contributed by atoms with Gasteiger partial charge in [0, 0.05) is 12.7 Å². The first kappa shape index (κ1) is 16.1. The van der Waals surface area contributed by atoms with E-state index >= 15 is 0 Å². The average molecular weight is 279 g/mol. The Balaban J connectivity index is 2.67. The maximum atomic E-state index is 12.1. The number of amides is 1. The molecule has 20 heavy (non-hydrogen) atoms. The van der Waals surface area contributed by atoms with Crippen LogP contribution >= 0.6 is 0 Å². The second kappa shape index (κ2) is 6.45. The zero-order valence-corrected chi connectivity index (χ0v) is 12.3. The molecular weight excluding hydrogens is 258 g/mol. The molecule has 0 bridgehead atoms. The van der Waals surface area contributed by atoms with Gasteiger partial charge in [0.05, 0.1) is 16.7 Å². The van der Waals surface area contributed by atoms with E-state index in [1.807, 2.05) is 13.8 Å². The Morgan fingerprint density at radius 2 is 2.05 bits per heavy atom. The standard InChI is InChI=1S/C14H21N3O3/c1-9(2)11-10(7-15-8-17-11)12(18)16-6-5-14(3,4)13(19)20/h7-9H,5-6H2,1-4H3,(H,16,18)(H,19,20). The van der Waals surface area contributed by atoms with Crippen molar-refractivity contribution >= 4 is 11.9 Å². The van der Waals surface area contributed by atoms with Crippen molar-refractivity contribution < 1.29 is 14.7 Å². The fourth-order valence-corrected chi connectivity index (χ4v) is 1.66. The van der Waals surface area contributed by atoms with Crippen molar-refractivity contribution in [3.8, 4) is 0 Å². The van der Waals surface area contributed by atoms with Gasteiger partial charge in [0.15, 0.2) is 0 Å². The fraction of sp³-hybridized carbons (Fsp3) is 0.571. The van der Waals surface area contributed by atoms with Gasteiger partial charge in [0.2, 0.25) is 0 Å². The van der Waals surface area contributed by atoms with Crippen molar-refractivity contribution in [1.82, 2.24) is 15.3 Å². The van der Waals surface area contributed by atoms with Gasteiger partial charge in [-0.05, 0) is 26.2 Å². The van der Waals surface area contributed by atoms with E-state index in [0.717, 1.165) is 0 Å². The number of hydrogen-bond acceptors (Lipinski definition) is 4. The van der Waals surface area contributed by atoms with Crippen molar-refractivity contribution in [2.45, 2.75) is 40.0 Å². The van der Waals surface area contributed by atoms with Crippen molar-refractivity contribution in [2.24, 2.45) is 5.41 Å². The molecule has 0 atom stereocenters. The summed E-state index contributed by atoms with van der Waals surface area (Å²) in [6.45, 7) is 7.46. The molecule has 0 aliphatic heterocycles. The maximum absolute atomic E-state index is 12.1. The fourth-order valence-electron chi connectivity index (χ4n) is 1.66. The molecule has 1 heterocycles. The van der Waals surface area contributed by atoms with Crippen LogP contribution in [0.3, 0.4) is 0 Å². The predicted octanol–water partition coefficient (Wildman–Crippen LogP) is 1.83. The van der Waals surface area contributed by atoms with Crippen LogP contribution in [0.15, 0.2) is 12.5 Å². The first-order valence-electron chi connectivity index (χ1n) is 6.57. The minimum absolute atomic E-state index is 0.120. The predicted molar refractivity (Wildman–Crippen MR) is 74.5 cm³/mol. The summed E-state index contributed by atoms with van der Waals surface area (Å²) in [5.41, 5.74) is 0.270. The normalized spacial score (nSPS) is 11.4. The van der Waals surface area contributed by atoms with Gasteiger partial charge < -0.3 is 10.4 Å². The molecule has 1 aromatic rings. The van der Waals surface area contributed by atoms with E-state index in [-0.39, 0.29) is 11.8 Å². The molecule has 0 aliphatic carbocycles. The average Bonchev–Trinajstić information content (AvgIpc) is 2.38. The van der Waals surface area contributed by atoms with Gasteiger partial charge in [-0.25, -0.2) is 9.97 Å². The number of carboxylic acids is 1. The van der Waals surface area contributed by atoms with Crippen LogP contribution in [0.4, 0.5) is 0 Å². The Morgan fingerprint density at radius 3 is 2.60 bits per heavy atom. The van der Waals surface area contributed by atoms with E-state index in [1.54, 1.807) is 13.8 Å². The van der Waals surface area contributed by atoms with Gasteiger partial charge in [-0.2, -0.15) is 0 Å². The molecule has 6 nitrogen and oxygen atoms in total. The molecule has 0 unspecified atom stereocenters. The Labute approximate surface area is 118 Å². The number of carbonyl (C=O) groups excluding carboxylic acids is 1. The highest BCUT2D eigenvalue weighted by atomic mass is 16.4. The third-order valence-corrected chi connectivity index (χ3v) is 3.15. The van der Waals surface area contributed by atoms with Crippen molar-refractivity contribution in [3.05, 3.63) is 23.8 Å². The van der Waals surface area contributed by atoms with Crippen LogP contribution in [-0.4, -0.2) is 33.5 Å². The Morgan fingerprint density at radius 1 is 1.40 bits per heavy atom. The van der Waals surface area contributed by atoms with Crippen LogP contribution in [0.1, 0.15) is 56.1 Å². The number of aromatic nitrogens is 2. The lowest BCUT2D eigenvalue weighted by molar-refractivity contribution is -0.147. The summed E-state index contributed by atoms with van der Waals surface area (Å²) >= 11 is 0. The Kier molecular flexibility index (Phi) is 5.19. The smallest absolute Gasteiger partial charge is 0.309 e. The topological polar surface area (TPSA) is 92.2 Å². The molecule has 1 rings (SSSR count). The van der Waals surface area contributed by atoms with E-state index in [4.69, 9.17) is 5.11 Å². The number of nitrogens with one attached hydrogen (secondary N) is 1. The number of nitrogens with zero attached hydrogens (tertiary/aromatic N) is 2. The zero-order chi connectivity index (χ0) is 15.3. The Hall–Kier alpha value is -1.98. The van der Waals surface area contributed by atoms with Gasteiger partial charge in [-0.15, -0.1) is 0 Å². The van der Waals surface area contributed by atoms with Gasteiger partial charge >= 0.3 is 5.97 Å². The van der Waals surface area contributed by atoms with Crippen molar-refractivity contribution in [1.29, 1.82) is 0 Å². The molecule has 2 N–H and O–H groups in total. The quantitative estimate of drug-likeness (QED) is 0.828. The molecule has 0 saturated carbocycles. The summed E-state index contributed by atoms with van der Waals surface area (Å²) in [6.07, 6.45) is 3.26. The summed E-state index contributed by atoms with van der Waals surface area (Å²) < 4.78 is 0. The van der Waals surface area contributed by atoms with Crippen molar-refractivity contribution in [3.63, 3.8) is 0 Å². The Bertz CT molecular complexity index is 498. The highest BCUT2D eigenvalue weighted by Crippen LogP contribution is 2.20. The van der Waals surface area contributed by atoms with Gasteiger partial charge in [-0.1, -0.05) is 13.8 Å². The van der Waals surface area contributed by atoms with E-state index in [2.05, 4.69) is 15.3 Å². The molecule has 1 amide bonds. The number of aliphatic carboxylic acids is 1. The summed E-state index contributed by atoms with van der Waals surface area (Å²) in [4.78, 5) is 31.1. The summed E-state index contributed by atoms with van der Waals surface area (Å²) in [6, 6.07) is 0. The third-order valence-electron chi connectivity index (χ3n) is 3.15. The molecule has 0 aromatic carbocycles. The molecule has 0 aliphatic rings. The van der Waals surface area contributed by atoms with E-state index in [9.17, 15) is 9.59 Å². The highest BCUT2D eigenvalue weighted by molar-refractivity contribution is 5.95. The number of rotatable bonds is 6. The maximum Gasteiger partial charge on any atom is 0.309 e. The summed E-state index contributed by atoms with van der Waals surface area (Å²) in [7, 11) is 0. The highest BCUT2D eigenvalue weighted by Gasteiger charge is 2.26. The molecule has 0 spiro atoms. The number of carboxylic acid groups (broad SMARTS) is 1. The van der Waals surface area contributed by atoms with Crippen molar-refractivity contribution in [2.75, 3.05) is 6.54 Å². The molecule has 110 valence electrons. The summed E-state index contributed by atoms with van der Waals surface area (Å²) in [5, 5.41) is 11.7. The lowest BCUT2D eigenvalue weighted by Gasteiger charge is -2.19. The molecule has 0 saturated heterocycles. The number of carbonyl (C=O) groups is 2. The first-order chi connectivity index (χ1) is 9.25. The number of hydrogen-bond donors (Lipinski definition) is 2. The van der Waals surface area contributed by atoms with Gasteiger partial charge in [0.25, 0.3) is 5.91 Å². The molecule has 6 heteroatoms. The lowest BCUT2D eigenvalue weighted by Crippen LogP contribution is -2.32.